The van der Waals surface area contributed by atoms with Gasteiger partial charge in [0.2, 0.25) is 0 Å². The molecule has 0 atom stereocenters. The molecule has 0 aliphatic rings. The Bertz CT molecular complexity index is 200. The molecule has 1 aromatic rings. The van der Waals surface area contributed by atoms with Gasteiger partial charge in [0.15, 0.2) is 0 Å². The molecule has 0 saturated heterocycles. The molecule has 0 aliphatic heterocycles. The van der Waals surface area contributed by atoms with Gasteiger partial charge in [0.25, 0.3) is 0 Å². The molecular formula is C8H10NbO. The van der Waals surface area contributed by atoms with E-state index in [-0.39, 0.29) is 22.4 Å². The number of aryl methyl sites for hydroxylation is 1. The zero-order chi connectivity index (χ0) is 6.85. The van der Waals surface area contributed by atoms with Gasteiger partial charge in [0, 0.05) is 22.4 Å². The number of hydrogen-bond acceptors (Lipinski definition) is 1. The van der Waals surface area contributed by atoms with Crippen LogP contribution in [0.5, 0.6) is 5.75 Å². The molecule has 0 spiro atoms. The summed E-state index contributed by atoms with van der Waals surface area (Å²) < 4.78 is 0. The predicted molar refractivity (Wildman–Crippen MR) is 37.6 cm³/mol. The largest absolute Gasteiger partial charge is 0.508 e. The van der Waals surface area contributed by atoms with Gasteiger partial charge in [-0.25, -0.2) is 0 Å². The molecule has 1 aromatic carbocycles. The zero-order valence-corrected chi connectivity index (χ0v) is 8.33. The molecule has 1 N–H and O–H groups in total. The van der Waals surface area contributed by atoms with Gasteiger partial charge in [-0.05, 0) is 31.0 Å². The Labute approximate surface area is 76.6 Å². The van der Waals surface area contributed by atoms with Crippen LogP contribution in [0, 0.1) is 13.8 Å². The van der Waals surface area contributed by atoms with Crippen molar-refractivity contribution in [3.05, 3.63) is 29.3 Å². The zero-order valence-electron chi connectivity index (χ0n) is 6.13. The summed E-state index contributed by atoms with van der Waals surface area (Å²) >= 11 is 0. The molecule has 0 heterocycles. The van der Waals surface area contributed by atoms with Gasteiger partial charge in [-0.1, -0.05) is 12.1 Å². The molecule has 2 heteroatoms. The Morgan fingerprint density at radius 3 is 2.20 bits per heavy atom. The van der Waals surface area contributed by atoms with Crippen LogP contribution in [0.3, 0.4) is 0 Å². The topological polar surface area (TPSA) is 20.2 Å². The first-order valence-corrected chi connectivity index (χ1v) is 2.97. The van der Waals surface area contributed by atoms with Crippen LogP contribution >= 0.6 is 0 Å². The van der Waals surface area contributed by atoms with E-state index in [2.05, 4.69) is 0 Å². The third-order valence-electron chi connectivity index (χ3n) is 1.58. The SMILES string of the molecule is Cc1cccc(O)c1C.[Nb]. The first kappa shape index (κ1) is 9.76. The first-order chi connectivity index (χ1) is 4.22. The average molecular weight is 215 g/mol. The molecule has 1 radical (unpaired) electrons. The third kappa shape index (κ3) is 1.87. The Morgan fingerprint density at radius 1 is 1.20 bits per heavy atom. The molecule has 0 saturated carbocycles. The van der Waals surface area contributed by atoms with Crippen molar-refractivity contribution in [3.63, 3.8) is 0 Å². The van der Waals surface area contributed by atoms with Crippen molar-refractivity contribution in [2.45, 2.75) is 13.8 Å². The van der Waals surface area contributed by atoms with Crippen molar-refractivity contribution in [2.75, 3.05) is 0 Å². The van der Waals surface area contributed by atoms with Gasteiger partial charge in [0.1, 0.15) is 5.75 Å². The molecule has 53 valence electrons. The number of aromatic hydroxyl groups is 1. The van der Waals surface area contributed by atoms with Gasteiger partial charge in [-0.3, -0.25) is 0 Å². The standard InChI is InChI=1S/C8H10O.Nb/c1-6-4-3-5-8(9)7(6)2;/h3-5,9H,1-2H3;. The van der Waals surface area contributed by atoms with Gasteiger partial charge >= 0.3 is 0 Å². The monoisotopic (exact) mass is 215 g/mol. The van der Waals surface area contributed by atoms with Crippen LogP contribution in [-0.4, -0.2) is 5.11 Å². The molecule has 0 aromatic heterocycles. The van der Waals surface area contributed by atoms with Crippen molar-refractivity contribution in [2.24, 2.45) is 0 Å². The Balaban J connectivity index is 0.000000810. The van der Waals surface area contributed by atoms with Crippen LogP contribution < -0.4 is 0 Å². The molecule has 0 unspecified atom stereocenters. The molecule has 1 nitrogen and oxygen atoms in total. The van der Waals surface area contributed by atoms with Gasteiger partial charge < -0.3 is 5.11 Å². The minimum atomic E-state index is 0. The summed E-state index contributed by atoms with van der Waals surface area (Å²) in [5.41, 5.74) is 2.10. The van der Waals surface area contributed by atoms with Gasteiger partial charge in [-0.15, -0.1) is 0 Å². The molecule has 1 rings (SSSR count). The second kappa shape index (κ2) is 3.81. The predicted octanol–water partition coefficient (Wildman–Crippen LogP) is 2.01. The molecule has 0 fully saturated rings. The van der Waals surface area contributed by atoms with Crippen LogP contribution in [0.15, 0.2) is 18.2 Å². The van der Waals surface area contributed by atoms with E-state index in [1.807, 2.05) is 26.0 Å². The summed E-state index contributed by atoms with van der Waals surface area (Å²) in [5, 5.41) is 9.10. The second-order valence-electron chi connectivity index (χ2n) is 2.22. The van der Waals surface area contributed by atoms with Crippen molar-refractivity contribution < 1.29 is 27.5 Å². The summed E-state index contributed by atoms with van der Waals surface area (Å²) in [6.07, 6.45) is 0. The third-order valence-corrected chi connectivity index (χ3v) is 1.58. The van der Waals surface area contributed by atoms with Crippen molar-refractivity contribution in [3.8, 4) is 5.75 Å². The minimum absolute atomic E-state index is 0. The fraction of sp³-hybridized carbons (Fsp3) is 0.250. The molecule has 0 bridgehead atoms. The summed E-state index contributed by atoms with van der Waals surface area (Å²) in [6.45, 7) is 3.89. The van der Waals surface area contributed by atoms with Crippen LogP contribution in [0.2, 0.25) is 0 Å². The Hall–Kier alpha value is -0.240. The summed E-state index contributed by atoms with van der Waals surface area (Å²) in [5.74, 6) is 0.384. The fourth-order valence-electron chi connectivity index (χ4n) is 0.736. The van der Waals surface area contributed by atoms with E-state index >= 15 is 0 Å². The second-order valence-corrected chi connectivity index (χ2v) is 2.22. The smallest absolute Gasteiger partial charge is 0.118 e. The number of benzene rings is 1. The first-order valence-electron chi connectivity index (χ1n) is 2.97. The Morgan fingerprint density at radius 2 is 1.80 bits per heavy atom. The molecule has 0 aliphatic carbocycles. The Kier molecular flexibility index (Phi) is 3.72. The number of phenolic OH excluding ortho intramolecular Hbond substituents is 1. The number of hydrogen-bond donors (Lipinski definition) is 1. The van der Waals surface area contributed by atoms with E-state index < -0.39 is 0 Å². The molecule has 10 heavy (non-hydrogen) atoms. The average Bonchev–Trinajstić information content (AvgIpc) is 1.83. The summed E-state index contributed by atoms with van der Waals surface area (Å²) in [7, 11) is 0. The number of rotatable bonds is 0. The maximum Gasteiger partial charge on any atom is 0.118 e. The van der Waals surface area contributed by atoms with Gasteiger partial charge in [-0.2, -0.15) is 0 Å². The van der Waals surface area contributed by atoms with Crippen LogP contribution in [0.25, 0.3) is 0 Å². The summed E-state index contributed by atoms with van der Waals surface area (Å²) in [4.78, 5) is 0. The van der Waals surface area contributed by atoms with E-state index in [9.17, 15) is 0 Å². The van der Waals surface area contributed by atoms with Crippen LogP contribution in [0.1, 0.15) is 11.1 Å². The fourth-order valence-corrected chi connectivity index (χ4v) is 0.736. The van der Waals surface area contributed by atoms with E-state index in [0.29, 0.717) is 5.75 Å². The van der Waals surface area contributed by atoms with E-state index in [0.717, 1.165) is 11.1 Å². The van der Waals surface area contributed by atoms with Crippen molar-refractivity contribution in [1.82, 2.24) is 0 Å². The van der Waals surface area contributed by atoms with E-state index in [1.54, 1.807) is 6.07 Å². The normalized spacial score (nSPS) is 8.60. The number of phenols is 1. The maximum atomic E-state index is 9.10. The van der Waals surface area contributed by atoms with Crippen molar-refractivity contribution >= 4 is 0 Å². The summed E-state index contributed by atoms with van der Waals surface area (Å²) in [6, 6.07) is 5.52. The maximum absolute atomic E-state index is 9.10. The van der Waals surface area contributed by atoms with Crippen LogP contribution in [-0.2, 0) is 22.4 Å². The van der Waals surface area contributed by atoms with E-state index in [4.69, 9.17) is 5.11 Å². The van der Waals surface area contributed by atoms with Crippen LogP contribution in [0.4, 0.5) is 0 Å². The molecule has 0 amide bonds. The minimum Gasteiger partial charge on any atom is -0.508 e. The van der Waals surface area contributed by atoms with Crippen molar-refractivity contribution in [1.29, 1.82) is 0 Å². The van der Waals surface area contributed by atoms with Gasteiger partial charge in [0.05, 0.1) is 0 Å². The quantitative estimate of drug-likeness (QED) is 0.656. The van der Waals surface area contributed by atoms with E-state index in [1.165, 1.54) is 0 Å². The molecular weight excluding hydrogens is 205 g/mol.